The maximum Gasteiger partial charge on any atom is 0.179 e. The molecule has 54 valence electrons. The second-order valence-corrected chi connectivity index (χ2v) is 2.49. The van der Waals surface area contributed by atoms with E-state index in [4.69, 9.17) is 12.2 Å². The lowest BCUT2D eigenvalue weighted by atomic mass is 10.5. The minimum atomic E-state index is 0.604. The Labute approximate surface area is 63.9 Å². The molecule has 0 aliphatic heterocycles. The van der Waals surface area contributed by atoms with Crippen LogP contribution in [-0.4, -0.2) is 15.4 Å². The van der Waals surface area contributed by atoms with Crippen molar-refractivity contribution >= 4 is 18.5 Å². The van der Waals surface area contributed by atoms with Gasteiger partial charge in [0.2, 0.25) is 0 Å². The first-order valence-corrected chi connectivity index (χ1v) is 3.25. The van der Waals surface area contributed by atoms with Crippen LogP contribution in [0.25, 0.3) is 0 Å². The third-order valence-electron chi connectivity index (χ3n) is 1.42. The van der Waals surface area contributed by atoms with Crippen molar-refractivity contribution in [1.29, 1.82) is 0 Å². The molecular formula is C6H8N2OS. The van der Waals surface area contributed by atoms with Gasteiger partial charge in [0.15, 0.2) is 11.1 Å². The Kier molecular flexibility index (Phi) is 1.72. The number of aryl methyl sites for hydroxylation is 1. The van der Waals surface area contributed by atoms with Crippen molar-refractivity contribution in [3.05, 3.63) is 16.7 Å². The van der Waals surface area contributed by atoms with Crippen LogP contribution in [0.4, 0.5) is 0 Å². The van der Waals surface area contributed by atoms with Gasteiger partial charge in [-0.15, -0.1) is 0 Å². The highest BCUT2D eigenvalue weighted by molar-refractivity contribution is 7.71. The fourth-order valence-electron chi connectivity index (χ4n) is 0.797. The van der Waals surface area contributed by atoms with Crippen LogP contribution >= 0.6 is 12.2 Å². The van der Waals surface area contributed by atoms with Crippen molar-refractivity contribution < 1.29 is 4.79 Å². The Bertz CT molecular complexity index is 310. The standard InChI is InChI=1S/C6H8N2OS/c1-7-3-5(4-9)8(2)6(7)10/h3-4H,1-2H3. The summed E-state index contributed by atoms with van der Waals surface area (Å²) in [5, 5.41) is 0. The lowest BCUT2D eigenvalue weighted by Crippen LogP contribution is -1.93. The molecule has 1 rings (SSSR count). The number of imidazole rings is 1. The highest BCUT2D eigenvalue weighted by Crippen LogP contribution is 1.97. The second-order valence-electron chi connectivity index (χ2n) is 2.12. The van der Waals surface area contributed by atoms with E-state index in [9.17, 15) is 4.79 Å². The van der Waals surface area contributed by atoms with E-state index >= 15 is 0 Å². The average Bonchev–Trinajstić information content (AvgIpc) is 2.17. The Hall–Kier alpha value is -0.900. The van der Waals surface area contributed by atoms with E-state index in [0.717, 1.165) is 6.29 Å². The molecule has 0 bridgehead atoms. The summed E-state index contributed by atoms with van der Waals surface area (Å²) in [5.41, 5.74) is 0.604. The lowest BCUT2D eigenvalue weighted by Gasteiger charge is -1.89. The van der Waals surface area contributed by atoms with Crippen molar-refractivity contribution in [1.82, 2.24) is 9.13 Å². The molecule has 3 nitrogen and oxygen atoms in total. The molecule has 0 amide bonds. The van der Waals surface area contributed by atoms with E-state index in [0.29, 0.717) is 10.5 Å². The molecule has 0 aromatic carbocycles. The minimum Gasteiger partial charge on any atom is -0.326 e. The van der Waals surface area contributed by atoms with Gasteiger partial charge < -0.3 is 9.13 Å². The van der Waals surface area contributed by atoms with Crippen molar-refractivity contribution in [2.75, 3.05) is 0 Å². The fourth-order valence-corrected chi connectivity index (χ4v) is 0.955. The van der Waals surface area contributed by atoms with Crippen molar-refractivity contribution in [2.45, 2.75) is 0 Å². The molecule has 0 N–H and O–H groups in total. The topological polar surface area (TPSA) is 26.9 Å². The molecule has 4 heteroatoms. The summed E-state index contributed by atoms with van der Waals surface area (Å²) in [6, 6.07) is 0. The average molecular weight is 156 g/mol. The van der Waals surface area contributed by atoms with Gasteiger partial charge in [0.1, 0.15) is 0 Å². The molecule has 0 spiro atoms. The highest BCUT2D eigenvalue weighted by Gasteiger charge is 1.98. The van der Waals surface area contributed by atoms with Crippen LogP contribution in [-0.2, 0) is 14.1 Å². The number of nitrogens with zero attached hydrogens (tertiary/aromatic N) is 2. The zero-order valence-electron chi connectivity index (χ0n) is 5.87. The zero-order chi connectivity index (χ0) is 7.72. The number of hydrogen-bond acceptors (Lipinski definition) is 2. The first-order valence-electron chi connectivity index (χ1n) is 2.84. The molecule has 0 atom stereocenters. The van der Waals surface area contributed by atoms with Gasteiger partial charge in [-0.25, -0.2) is 0 Å². The predicted octanol–water partition coefficient (Wildman–Crippen LogP) is 0.906. The van der Waals surface area contributed by atoms with Crippen molar-refractivity contribution in [3.63, 3.8) is 0 Å². The molecule has 0 saturated carbocycles. The molecule has 1 heterocycles. The minimum absolute atomic E-state index is 0.604. The third-order valence-corrected chi connectivity index (χ3v) is 1.98. The first kappa shape index (κ1) is 7.21. The molecule has 0 unspecified atom stereocenters. The van der Waals surface area contributed by atoms with E-state index in [1.807, 2.05) is 7.05 Å². The summed E-state index contributed by atoms with van der Waals surface area (Å²) in [6.45, 7) is 0. The Morgan fingerprint density at radius 2 is 2.20 bits per heavy atom. The quantitative estimate of drug-likeness (QED) is 0.446. The van der Waals surface area contributed by atoms with E-state index in [1.165, 1.54) is 0 Å². The Balaban J connectivity index is 3.45. The molecule has 0 fully saturated rings. The van der Waals surface area contributed by atoms with Crippen LogP contribution < -0.4 is 0 Å². The number of aromatic nitrogens is 2. The van der Waals surface area contributed by atoms with Crippen LogP contribution in [0.5, 0.6) is 0 Å². The first-order chi connectivity index (χ1) is 4.66. The predicted molar refractivity (Wildman–Crippen MR) is 40.6 cm³/mol. The van der Waals surface area contributed by atoms with E-state index in [-0.39, 0.29) is 0 Å². The van der Waals surface area contributed by atoms with Crippen molar-refractivity contribution in [3.8, 4) is 0 Å². The zero-order valence-corrected chi connectivity index (χ0v) is 6.68. The van der Waals surface area contributed by atoms with Gasteiger partial charge in [0.25, 0.3) is 0 Å². The summed E-state index contributed by atoms with van der Waals surface area (Å²) in [5.74, 6) is 0. The van der Waals surface area contributed by atoms with Crippen LogP contribution in [0, 0.1) is 4.77 Å². The Morgan fingerprint density at radius 3 is 2.40 bits per heavy atom. The van der Waals surface area contributed by atoms with Gasteiger partial charge in [0, 0.05) is 20.3 Å². The smallest absolute Gasteiger partial charge is 0.179 e. The summed E-state index contributed by atoms with van der Waals surface area (Å²) >= 11 is 4.95. The largest absolute Gasteiger partial charge is 0.326 e. The van der Waals surface area contributed by atoms with Gasteiger partial charge in [-0.1, -0.05) is 0 Å². The molecule has 0 aliphatic rings. The van der Waals surface area contributed by atoms with Crippen molar-refractivity contribution in [2.24, 2.45) is 14.1 Å². The molecule has 1 aromatic rings. The number of carbonyl (C=O) groups is 1. The number of hydrogen-bond donors (Lipinski definition) is 0. The summed E-state index contributed by atoms with van der Waals surface area (Å²) < 4.78 is 4.06. The van der Waals surface area contributed by atoms with Crippen LogP contribution in [0.1, 0.15) is 10.5 Å². The maximum atomic E-state index is 10.3. The molecule has 0 saturated heterocycles. The summed E-state index contributed by atoms with van der Waals surface area (Å²) in [7, 11) is 3.58. The van der Waals surface area contributed by atoms with Gasteiger partial charge in [-0.3, -0.25) is 4.79 Å². The monoisotopic (exact) mass is 156 g/mol. The van der Waals surface area contributed by atoms with E-state index in [1.54, 1.807) is 22.4 Å². The molecular weight excluding hydrogens is 148 g/mol. The normalized spacial score (nSPS) is 9.80. The second kappa shape index (κ2) is 2.38. The van der Waals surface area contributed by atoms with Gasteiger partial charge in [-0.05, 0) is 12.2 Å². The van der Waals surface area contributed by atoms with Crippen LogP contribution in [0.2, 0.25) is 0 Å². The molecule has 0 radical (unpaired) electrons. The van der Waals surface area contributed by atoms with Crippen LogP contribution in [0.15, 0.2) is 6.20 Å². The summed E-state index contributed by atoms with van der Waals surface area (Å²) in [4.78, 5) is 10.3. The fraction of sp³-hybridized carbons (Fsp3) is 0.333. The lowest BCUT2D eigenvalue weighted by molar-refractivity contribution is 0.111. The SMILES string of the molecule is Cn1cc(C=O)n(C)c1=S. The molecule has 1 aromatic heterocycles. The highest BCUT2D eigenvalue weighted by atomic mass is 32.1. The van der Waals surface area contributed by atoms with Gasteiger partial charge >= 0.3 is 0 Å². The van der Waals surface area contributed by atoms with Crippen LogP contribution in [0.3, 0.4) is 0 Å². The number of aldehydes is 1. The van der Waals surface area contributed by atoms with Gasteiger partial charge in [-0.2, -0.15) is 0 Å². The van der Waals surface area contributed by atoms with E-state index in [2.05, 4.69) is 0 Å². The van der Waals surface area contributed by atoms with E-state index < -0.39 is 0 Å². The molecule has 0 aliphatic carbocycles. The van der Waals surface area contributed by atoms with Gasteiger partial charge in [0.05, 0.1) is 5.69 Å². The third kappa shape index (κ3) is 0.903. The Morgan fingerprint density at radius 1 is 1.60 bits per heavy atom. The molecule has 10 heavy (non-hydrogen) atoms. The maximum absolute atomic E-state index is 10.3. The number of carbonyl (C=O) groups excluding carboxylic acids is 1. The summed E-state index contributed by atoms with van der Waals surface area (Å²) in [6.07, 6.45) is 2.49. The number of rotatable bonds is 1.